The molecule has 0 atom stereocenters. The molecule has 0 aliphatic carbocycles. The normalized spacial score (nSPS) is 9.74. The lowest BCUT2D eigenvalue weighted by Crippen LogP contribution is -2.30. The van der Waals surface area contributed by atoms with Gasteiger partial charge < -0.3 is 14.8 Å². The lowest BCUT2D eigenvalue weighted by molar-refractivity contribution is -0.123. The Balaban J connectivity index is 1.79. The van der Waals surface area contributed by atoms with Gasteiger partial charge in [0.1, 0.15) is 0 Å². The Morgan fingerprint density at radius 2 is 1.96 bits per heavy atom. The molecule has 0 heterocycles. The molecule has 0 unspecified atom stereocenters. The van der Waals surface area contributed by atoms with E-state index in [-0.39, 0.29) is 12.5 Å². The first kappa shape index (κ1) is 16.4. The van der Waals surface area contributed by atoms with Gasteiger partial charge >= 0.3 is 0 Å². The smallest absolute Gasteiger partial charge is 0.257 e. The Labute approximate surface area is 135 Å². The van der Waals surface area contributed by atoms with Gasteiger partial charge in [-0.25, -0.2) is 0 Å². The SMILES string of the molecule is COc1cc(C#N)ccc1OCC(=O)NCCc1ccccc1. The Hall–Kier alpha value is -3.00. The molecule has 0 spiro atoms. The first-order chi connectivity index (χ1) is 11.2. The zero-order chi connectivity index (χ0) is 16.5. The van der Waals surface area contributed by atoms with Crippen LogP contribution in [0.3, 0.4) is 0 Å². The summed E-state index contributed by atoms with van der Waals surface area (Å²) < 4.78 is 10.6. The molecule has 1 amide bonds. The molecule has 5 nitrogen and oxygen atoms in total. The van der Waals surface area contributed by atoms with Gasteiger partial charge in [-0.05, 0) is 24.1 Å². The second-order valence-electron chi connectivity index (χ2n) is 4.85. The van der Waals surface area contributed by atoms with E-state index in [2.05, 4.69) is 5.32 Å². The van der Waals surface area contributed by atoms with Crippen molar-refractivity contribution in [1.82, 2.24) is 5.32 Å². The van der Waals surface area contributed by atoms with Gasteiger partial charge in [0.2, 0.25) is 0 Å². The highest BCUT2D eigenvalue weighted by molar-refractivity contribution is 5.77. The van der Waals surface area contributed by atoms with E-state index >= 15 is 0 Å². The molecule has 2 rings (SSSR count). The summed E-state index contributed by atoms with van der Waals surface area (Å²) in [7, 11) is 1.49. The maximum absolute atomic E-state index is 11.8. The second kappa shape index (κ2) is 8.44. The van der Waals surface area contributed by atoms with Crippen molar-refractivity contribution in [3.05, 3.63) is 59.7 Å². The third-order valence-corrected chi connectivity index (χ3v) is 3.23. The van der Waals surface area contributed by atoms with Gasteiger partial charge in [-0.2, -0.15) is 5.26 Å². The quantitative estimate of drug-likeness (QED) is 0.852. The lowest BCUT2D eigenvalue weighted by Gasteiger charge is -2.11. The van der Waals surface area contributed by atoms with Crippen LogP contribution in [0.5, 0.6) is 11.5 Å². The van der Waals surface area contributed by atoms with Crippen LogP contribution in [-0.2, 0) is 11.2 Å². The van der Waals surface area contributed by atoms with Gasteiger partial charge in [-0.1, -0.05) is 30.3 Å². The van der Waals surface area contributed by atoms with E-state index in [0.717, 1.165) is 6.42 Å². The van der Waals surface area contributed by atoms with Crippen molar-refractivity contribution < 1.29 is 14.3 Å². The number of hydrogen-bond acceptors (Lipinski definition) is 4. The molecule has 23 heavy (non-hydrogen) atoms. The zero-order valence-electron chi connectivity index (χ0n) is 12.9. The molecular weight excluding hydrogens is 292 g/mol. The molecule has 0 aliphatic rings. The number of rotatable bonds is 7. The van der Waals surface area contributed by atoms with Crippen molar-refractivity contribution in [2.75, 3.05) is 20.3 Å². The molecule has 2 aromatic carbocycles. The number of benzene rings is 2. The number of amides is 1. The number of nitrogens with zero attached hydrogens (tertiary/aromatic N) is 1. The molecule has 1 N–H and O–H groups in total. The summed E-state index contributed by atoms with van der Waals surface area (Å²) in [6.07, 6.45) is 0.771. The van der Waals surface area contributed by atoms with Crippen LogP contribution in [0.2, 0.25) is 0 Å². The van der Waals surface area contributed by atoms with Crippen molar-refractivity contribution in [3.8, 4) is 17.6 Å². The molecule has 118 valence electrons. The number of carbonyl (C=O) groups is 1. The van der Waals surface area contributed by atoms with Gasteiger partial charge in [0, 0.05) is 12.6 Å². The number of ether oxygens (including phenoxy) is 2. The highest BCUT2D eigenvalue weighted by Gasteiger charge is 2.08. The topological polar surface area (TPSA) is 71.3 Å². The molecule has 0 aliphatic heterocycles. The van der Waals surface area contributed by atoms with Crippen molar-refractivity contribution in [1.29, 1.82) is 5.26 Å². The second-order valence-corrected chi connectivity index (χ2v) is 4.85. The van der Waals surface area contributed by atoms with E-state index in [1.165, 1.54) is 12.7 Å². The predicted molar refractivity (Wildman–Crippen MR) is 86.4 cm³/mol. The van der Waals surface area contributed by atoms with Gasteiger partial charge in [-0.3, -0.25) is 4.79 Å². The molecule has 2 aromatic rings. The van der Waals surface area contributed by atoms with Crippen molar-refractivity contribution in [2.24, 2.45) is 0 Å². The monoisotopic (exact) mass is 310 g/mol. The Morgan fingerprint density at radius 3 is 2.65 bits per heavy atom. The molecule has 0 aromatic heterocycles. The Bertz CT molecular complexity index is 693. The third kappa shape index (κ3) is 5.04. The minimum Gasteiger partial charge on any atom is -0.493 e. The van der Waals surface area contributed by atoms with E-state index < -0.39 is 0 Å². The van der Waals surface area contributed by atoms with Crippen LogP contribution in [0.4, 0.5) is 0 Å². The molecular formula is C18H18N2O3. The van der Waals surface area contributed by atoms with Gasteiger partial charge in [0.25, 0.3) is 5.91 Å². The fraction of sp³-hybridized carbons (Fsp3) is 0.222. The van der Waals surface area contributed by atoms with Crippen molar-refractivity contribution in [2.45, 2.75) is 6.42 Å². The molecule has 0 saturated heterocycles. The largest absolute Gasteiger partial charge is 0.493 e. The molecule has 0 bridgehead atoms. The van der Waals surface area contributed by atoms with E-state index in [1.807, 2.05) is 36.4 Å². The average Bonchev–Trinajstić information content (AvgIpc) is 2.60. The van der Waals surface area contributed by atoms with Gasteiger partial charge in [0.05, 0.1) is 18.7 Å². The fourth-order valence-corrected chi connectivity index (χ4v) is 2.04. The molecule has 0 saturated carbocycles. The number of methoxy groups -OCH3 is 1. The highest BCUT2D eigenvalue weighted by Crippen LogP contribution is 2.27. The number of carbonyl (C=O) groups excluding carboxylic acids is 1. The van der Waals surface area contributed by atoms with Crippen LogP contribution in [-0.4, -0.2) is 26.2 Å². The number of nitriles is 1. The predicted octanol–water partition coefficient (Wildman–Crippen LogP) is 2.30. The lowest BCUT2D eigenvalue weighted by atomic mass is 10.1. The standard InChI is InChI=1S/C18H18N2O3/c1-22-17-11-15(12-19)7-8-16(17)23-13-18(21)20-10-9-14-5-3-2-4-6-14/h2-8,11H,9-10,13H2,1H3,(H,20,21). The Kier molecular flexibility index (Phi) is 6.01. The maximum Gasteiger partial charge on any atom is 0.257 e. The highest BCUT2D eigenvalue weighted by atomic mass is 16.5. The molecule has 0 radical (unpaired) electrons. The summed E-state index contributed by atoms with van der Waals surface area (Å²) in [6, 6.07) is 16.8. The average molecular weight is 310 g/mol. The van der Waals surface area contributed by atoms with E-state index in [4.69, 9.17) is 14.7 Å². The van der Waals surface area contributed by atoms with Gasteiger partial charge in [-0.15, -0.1) is 0 Å². The van der Waals surface area contributed by atoms with Crippen LogP contribution in [0.1, 0.15) is 11.1 Å². The van der Waals surface area contributed by atoms with E-state index in [1.54, 1.807) is 18.2 Å². The van der Waals surface area contributed by atoms with Crippen LogP contribution in [0, 0.1) is 11.3 Å². The summed E-state index contributed by atoms with van der Waals surface area (Å²) >= 11 is 0. The van der Waals surface area contributed by atoms with Crippen LogP contribution in [0.25, 0.3) is 0 Å². The third-order valence-electron chi connectivity index (χ3n) is 3.23. The number of nitrogens with one attached hydrogen (secondary N) is 1. The summed E-state index contributed by atoms with van der Waals surface area (Å²) in [6.45, 7) is 0.452. The summed E-state index contributed by atoms with van der Waals surface area (Å²) in [5, 5.41) is 11.7. The minimum absolute atomic E-state index is 0.100. The summed E-state index contributed by atoms with van der Waals surface area (Å²) in [4.78, 5) is 11.8. The maximum atomic E-state index is 11.8. The van der Waals surface area contributed by atoms with Crippen molar-refractivity contribution >= 4 is 5.91 Å². The zero-order valence-corrected chi connectivity index (χ0v) is 12.9. The molecule has 5 heteroatoms. The van der Waals surface area contributed by atoms with Gasteiger partial charge in [0.15, 0.2) is 18.1 Å². The fourth-order valence-electron chi connectivity index (χ4n) is 2.04. The Morgan fingerprint density at radius 1 is 1.17 bits per heavy atom. The summed E-state index contributed by atoms with van der Waals surface area (Å²) in [5.41, 5.74) is 1.64. The first-order valence-corrected chi connectivity index (χ1v) is 7.24. The molecule has 0 fully saturated rings. The van der Waals surface area contributed by atoms with Crippen LogP contribution in [0.15, 0.2) is 48.5 Å². The van der Waals surface area contributed by atoms with Crippen LogP contribution < -0.4 is 14.8 Å². The van der Waals surface area contributed by atoms with Crippen LogP contribution >= 0.6 is 0 Å². The van der Waals surface area contributed by atoms with E-state index in [0.29, 0.717) is 23.6 Å². The van der Waals surface area contributed by atoms with E-state index in [9.17, 15) is 4.79 Å². The first-order valence-electron chi connectivity index (χ1n) is 7.24. The number of hydrogen-bond donors (Lipinski definition) is 1. The van der Waals surface area contributed by atoms with Crippen molar-refractivity contribution in [3.63, 3.8) is 0 Å². The minimum atomic E-state index is -0.202. The summed E-state index contributed by atoms with van der Waals surface area (Å²) in [5.74, 6) is 0.665.